The monoisotopic (exact) mass is 370 g/mol. The summed E-state index contributed by atoms with van der Waals surface area (Å²) in [5.41, 5.74) is 0.598. The van der Waals surface area contributed by atoms with E-state index in [1.54, 1.807) is 57.4 Å². The Morgan fingerprint density at radius 2 is 1.67 bits per heavy atom. The van der Waals surface area contributed by atoms with Crippen LogP contribution in [0.2, 0.25) is 0 Å². The number of carbonyl (C=O) groups is 2. The maximum absolute atomic E-state index is 12.6. The van der Waals surface area contributed by atoms with Crippen LogP contribution >= 0.6 is 0 Å². The van der Waals surface area contributed by atoms with E-state index in [4.69, 9.17) is 14.2 Å². The molecule has 7 heteroatoms. The molecule has 142 valence electrons. The van der Waals surface area contributed by atoms with Gasteiger partial charge in [0.2, 0.25) is 6.10 Å². The van der Waals surface area contributed by atoms with Crippen molar-refractivity contribution in [1.82, 2.24) is 4.90 Å². The third-order valence-corrected chi connectivity index (χ3v) is 4.08. The summed E-state index contributed by atoms with van der Waals surface area (Å²) in [6.45, 7) is 1.75. The average Bonchev–Trinajstić information content (AvgIpc) is 2.66. The lowest BCUT2D eigenvalue weighted by Gasteiger charge is -2.31. The lowest BCUT2D eigenvalue weighted by atomic mass is 10.1. The van der Waals surface area contributed by atoms with Gasteiger partial charge >= 0.3 is 0 Å². The molecule has 0 aromatic heterocycles. The summed E-state index contributed by atoms with van der Waals surface area (Å²) in [6, 6.07) is 14.0. The number of nitrogens with one attached hydrogen (secondary N) is 1. The van der Waals surface area contributed by atoms with Crippen molar-refractivity contribution in [3.05, 3.63) is 48.5 Å². The van der Waals surface area contributed by atoms with Crippen LogP contribution in [0.3, 0.4) is 0 Å². The van der Waals surface area contributed by atoms with E-state index in [-0.39, 0.29) is 18.4 Å². The molecule has 0 bridgehead atoms. The number of fused-ring (bicyclic) bond motifs is 1. The Labute approximate surface area is 157 Å². The Bertz CT molecular complexity index is 819. The summed E-state index contributed by atoms with van der Waals surface area (Å²) in [7, 11) is 3.33. The average molecular weight is 370 g/mol. The summed E-state index contributed by atoms with van der Waals surface area (Å²) in [5, 5.41) is 2.81. The second-order valence-corrected chi connectivity index (χ2v) is 6.40. The van der Waals surface area contributed by atoms with Crippen molar-refractivity contribution in [2.45, 2.75) is 19.1 Å². The first-order valence-corrected chi connectivity index (χ1v) is 8.60. The Morgan fingerprint density at radius 3 is 2.30 bits per heavy atom. The minimum atomic E-state index is -0.756. The number of anilines is 1. The summed E-state index contributed by atoms with van der Waals surface area (Å²) >= 11 is 0. The highest BCUT2D eigenvalue weighted by Gasteiger charge is 2.34. The van der Waals surface area contributed by atoms with Crippen molar-refractivity contribution >= 4 is 17.5 Å². The third kappa shape index (κ3) is 4.49. The lowest BCUT2D eigenvalue weighted by molar-refractivity contribution is -0.130. The van der Waals surface area contributed by atoms with Crippen molar-refractivity contribution in [3.8, 4) is 17.2 Å². The smallest absolute Gasteiger partial charge is 0.269 e. The number of rotatable bonds is 5. The minimum Gasteiger partial charge on any atom is -0.484 e. The van der Waals surface area contributed by atoms with Gasteiger partial charge in [0.05, 0.1) is 0 Å². The van der Waals surface area contributed by atoms with Crippen LogP contribution in [0.4, 0.5) is 5.69 Å². The van der Waals surface area contributed by atoms with Gasteiger partial charge in [-0.3, -0.25) is 9.59 Å². The number of hydrogen-bond acceptors (Lipinski definition) is 5. The zero-order valence-corrected chi connectivity index (χ0v) is 15.5. The Balaban J connectivity index is 1.59. The van der Waals surface area contributed by atoms with E-state index >= 15 is 0 Å². The molecular formula is C20H22N2O5. The standard InChI is InChI=1S/C20H22N2O5/c1-13-19(27-17-7-5-4-6-16(17)26-13)20(24)21-14-8-10-15(11-9-14)25-12-18(23)22(2)3/h4-11,13,19H,12H2,1-3H3,(H,21,24). The molecule has 1 N–H and O–H groups in total. The fourth-order valence-corrected chi connectivity index (χ4v) is 2.53. The third-order valence-electron chi connectivity index (χ3n) is 4.08. The van der Waals surface area contributed by atoms with Gasteiger partial charge in [-0.05, 0) is 43.3 Å². The van der Waals surface area contributed by atoms with Gasteiger partial charge in [0.1, 0.15) is 11.9 Å². The predicted molar refractivity (Wildman–Crippen MR) is 100 cm³/mol. The second-order valence-electron chi connectivity index (χ2n) is 6.40. The van der Waals surface area contributed by atoms with Gasteiger partial charge < -0.3 is 24.4 Å². The molecule has 1 aliphatic heterocycles. The van der Waals surface area contributed by atoms with Crippen LogP contribution in [0, 0.1) is 0 Å². The highest BCUT2D eigenvalue weighted by atomic mass is 16.6. The summed E-state index contributed by atoms with van der Waals surface area (Å²) in [6.07, 6.45) is -1.17. The van der Waals surface area contributed by atoms with E-state index in [2.05, 4.69) is 5.32 Å². The highest BCUT2D eigenvalue weighted by molar-refractivity contribution is 5.95. The fraction of sp³-hybridized carbons (Fsp3) is 0.300. The van der Waals surface area contributed by atoms with Crippen LogP contribution in [0.25, 0.3) is 0 Å². The molecule has 0 fully saturated rings. The van der Waals surface area contributed by atoms with Gasteiger partial charge in [0.15, 0.2) is 18.1 Å². The Morgan fingerprint density at radius 1 is 1.04 bits per heavy atom. The molecule has 0 spiro atoms. The Kier molecular flexibility index (Phi) is 5.49. The largest absolute Gasteiger partial charge is 0.484 e. The summed E-state index contributed by atoms with van der Waals surface area (Å²) in [4.78, 5) is 25.6. The maximum atomic E-state index is 12.6. The quantitative estimate of drug-likeness (QED) is 0.874. The van der Waals surface area contributed by atoms with Crippen LogP contribution in [0.1, 0.15) is 6.92 Å². The molecule has 0 radical (unpaired) electrons. The van der Waals surface area contributed by atoms with Gasteiger partial charge in [-0.25, -0.2) is 0 Å². The van der Waals surface area contributed by atoms with Crippen LogP contribution in [0.5, 0.6) is 17.2 Å². The molecule has 2 amide bonds. The van der Waals surface area contributed by atoms with E-state index in [0.29, 0.717) is 22.9 Å². The normalized spacial score (nSPS) is 17.7. The zero-order valence-electron chi connectivity index (χ0n) is 15.5. The summed E-state index contributed by atoms with van der Waals surface area (Å²) < 4.78 is 17.0. The molecule has 0 aliphatic carbocycles. The number of benzene rings is 2. The van der Waals surface area contributed by atoms with E-state index in [1.165, 1.54) is 4.90 Å². The molecular weight excluding hydrogens is 348 g/mol. The number of nitrogens with zero attached hydrogens (tertiary/aromatic N) is 1. The van der Waals surface area contributed by atoms with Crippen LogP contribution in [-0.2, 0) is 9.59 Å². The molecule has 1 aliphatic rings. The van der Waals surface area contributed by atoms with Gasteiger partial charge in [-0.2, -0.15) is 0 Å². The van der Waals surface area contributed by atoms with E-state index in [1.807, 2.05) is 12.1 Å². The van der Waals surface area contributed by atoms with E-state index < -0.39 is 12.2 Å². The van der Waals surface area contributed by atoms with Gasteiger partial charge in [0, 0.05) is 19.8 Å². The molecule has 7 nitrogen and oxygen atoms in total. The van der Waals surface area contributed by atoms with Gasteiger partial charge in [-0.1, -0.05) is 12.1 Å². The zero-order chi connectivity index (χ0) is 19.4. The number of hydrogen-bond donors (Lipinski definition) is 1. The van der Waals surface area contributed by atoms with Crippen molar-refractivity contribution in [3.63, 3.8) is 0 Å². The number of likely N-dealkylation sites (N-methyl/N-ethyl adjacent to an activating group) is 1. The topological polar surface area (TPSA) is 77.1 Å². The van der Waals surface area contributed by atoms with Crippen molar-refractivity contribution in [2.75, 3.05) is 26.0 Å². The predicted octanol–water partition coefficient (Wildman–Crippen LogP) is 2.32. The molecule has 1 heterocycles. The van der Waals surface area contributed by atoms with E-state index in [9.17, 15) is 9.59 Å². The second kappa shape index (κ2) is 7.99. The number of amides is 2. The molecule has 0 saturated heterocycles. The molecule has 2 atom stereocenters. The molecule has 0 saturated carbocycles. The van der Waals surface area contributed by atoms with Crippen LogP contribution < -0.4 is 19.5 Å². The Hall–Kier alpha value is -3.22. The first-order chi connectivity index (χ1) is 12.9. The maximum Gasteiger partial charge on any atom is 0.269 e. The van der Waals surface area contributed by atoms with Crippen molar-refractivity contribution in [2.24, 2.45) is 0 Å². The van der Waals surface area contributed by atoms with Crippen LogP contribution in [0.15, 0.2) is 48.5 Å². The molecule has 2 unspecified atom stereocenters. The van der Waals surface area contributed by atoms with Crippen molar-refractivity contribution in [1.29, 1.82) is 0 Å². The highest BCUT2D eigenvalue weighted by Crippen LogP contribution is 2.33. The molecule has 3 rings (SSSR count). The number of ether oxygens (including phenoxy) is 3. The fourth-order valence-electron chi connectivity index (χ4n) is 2.53. The first kappa shape index (κ1) is 18.6. The first-order valence-electron chi connectivity index (χ1n) is 8.60. The van der Waals surface area contributed by atoms with E-state index in [0.717, 1.165) is 0 Å². The van der Waals surface area contributed by atoms with Crippen molar-refractivity contribution < 1.29 is 23.8 Å². The molecule has 27 heavy (non-hydrogen) atoms. The molecule has 2 aromatic carbocycles. The summed E-state index contributed by atoms with van der Waals surface area (Å²) in [5.74, 6) is 1.29. The minimum absolute atomic E-state index is 0.0388. The lowest BCUT2D eigenvalue weighted by Crippen LogP contribution is -2.46. The SMILES string of the molecule is CC1Oc2ccccc2OC1C(=O)Nc1ccc(OCC(=O)N(C)C)cc1. The van der Waals surface area contributed by atoms with Crippen LogP contribution in [-0.4, -0.2) is 49.6 Å². The van der Waals surface area contributed by atoms with Gasteiger partial charge in [0.25, 0.3) is 11.8 Å². The number of para-hydroxylation sites is 2. The molecule has 2 aromatic rings. The number of carbonyl (C=O) groups excluding carboxylic acids is 2. The van der Waals surface area contributed by atoms with Gasteiger partial charge in [-0.15, -0.1) is 0 Å².